The van der Waals surface area contributed by atoms with Crippen LogP contribution in [0.4, 0.5) is 11.4 Å². The van der Waals surface area contributed by atoms with Gasteiger partial charge in [-0.3, -0.25) is 4.90 Å². The van der Waals surface area contributed by atoms with Crippen LogP contribution in [0.1, 0.15) is 37.8 Å². The Morgan fingerprint density at radius 3 is 2.37 bits per heavy atom. The van der Waals surface area contributed by atoms with Gasteiger partial charge in [-0.25, -0.2) is 0 Å². The number of anilines is 2. The molecule has 7 heteroatoms. The molecule has 1 amide bonds. The molecule has 2 aromatic carbocycles. The molecule has 197 valence electrons. The first kappa shape index (κ1) is 28.9. The summed E-state index contributed by atoms with van der Waals surface area (Å²) in [6.07, 6.45) is 7.63. The minimum atomic E-state index is -0.0539. The van der Waals surface area contributed by atoms with Crippen LogP contribution in [0.2, 0.25) is 0 Å². The van der Waals surface area contributed by atoms with Crippen LogP contribution in [0.25, 0.3) is 0 Å². The van der Waals surface area contributed by atoms with Gasteiger partial charge in [0.25, 0.3) is 0 Å². The van der Waals surface area contributed by atoms with Crippen LogP contribution in [0.5, 0.6) is 0 Å². The van der Waals surface area contributed by atoms with Crippen molar-refractivity contribution < 1.29 is 4.79 Å². The molecule has 6 nitrogen and oxygen atoms in total. The van der Waals surface area contributed by atoms with Crippen LogP contribution in [-0.2, 0) is 4.79 Å². The molecule has 1 saturated carbocycles. The van der Waals surface area contributed by atoms with Crippen molar-refractivity contribution in [1.29, 1.82) is 0 Å². The van der Waals surface area contributed by atoms with E-state index in [1.54, 1.807) is 18.0 Å². The van der Waals surface area contributed by atoms with E-state index < -0.39 is 0 Å². The summed E-state index contributed by atoms with van der Waals surface area (Å²) in [5.74, 6) is 0.517. The molecule has 38 heavy (non-hydrogen) atoms. The molecule has 0 aromatic heterocycles. The second kappa shape index (κ2) is 13.7. The summed E-state index contributed by atoms with van der Waals surface area (Å²) < 4.78 is 0. The summed E-state index contributed by atoms with van der Waals surface area (Å²) in [5, 5.41) is 6.57. The van der Waals surface area contributed by atoms with E-state index in [1.807, 2.05) is 75.5 Å². The van der Waals surface area contributed by atoms with Crippen molar-refractivity contribution in [3.63, 3.8) is 0 Å². The molecular weight excluding hydrogens is 469 g/mol. The van der Waals surface area contributed by atoms with E-state index in [0.29, 0.717) is 17.3 Å². The summed E-state index contributed by atoms with van der Waals surface area (Å²) >= 11 is 0. The number of likely N-dealkylation sites (N-methyl/N-ethyl adjacent to an activating group) is 2. The summed E-state index contributed by atoms with van der Waals surface area (Å²) in [4.78, 5) is 21.3. The Kier molecular flexibility index (Phi) is 10.4. The van der Waals surface area contributed by atoms with Gasteiger partial charge in [-0.05, 0) is 19.4 Å². The predicted octanol–water partition coefficient (Wildman–Crippen LogP) is 4.83. The van der Waals surface area contributed by atoms with Crippen LogP contribution in [0.15, 0.2) is 89.7 Å². The van der Waals surface area contributed by atoms with Crippen LogP contribution < -0.4 is 15.5 Å². The zero-order valence-corrected chi connectivity index (χ0v) is 23.3. The molecule has 0 unspecified atom stereocenters. The Morgan fingerprint density at radius 1 is 1.16 bits per heavy atom. The Bertz CT molecular complexity index is 1220. The van der Waals surface area contributed by atoms with Gasteiger partial charge in [0.2, 0.25) is 0 Å². The number of amidine groups is 1. The number of aryl methyl sites for hydroxylation is 1. The Morgan fingerprint density at radius 2 is 1.82 bits per heavy atom. The number of rotatable bonds is 12. The third-order valence-corrected chi connectivity index (χ3v) is 6.76. The van der Waals surface area contributed by atoms with E-state index >= 15 is 0 Å². The van der Waals surface area contributed by atoms with E-state index in [0.717, 1.165) is 46.9 Å². The number of nitrogens with one attached hydrogen (secondary N) is 2. The number of amides is 1. The summed E-state index contributed by atoms with van der Waals surface area (Å²) in [5.41, 5.74) is 5.90. The molecule has 2 aromatic rings. The zero-order valence-electron chi connectivity index (χ0n) is 23.3. The Labute approximate surface area is 228 Å². The second-order valence-electron chi connectivity index (χ2n) is 9.48. The van der Waals surface area contributed by atoms with E-state index in [9.17, 15) is 4.79 Å². The van der Waals surface area contributed by atoms with Crippen LogP contribution in [0.3, 0.4) is 0 Å². The van der Waals surface area contributed by atoms with Crippen LogP contribution >= 0.6 is 0 Å². The number of hydrogen-bond acceptors (Lipinski definition) is 4. The first-order valence-corrected chi connectivity index (χ1v) is 13.1. The molecule has 0 atom stereocenters. The quantitative estimate of drug-likeness (QED) is 0.187. The average Bonchev–Trinajstić information content (AvgIpc) is 3.77. The normalized spacial score (nSPS) is 14.3. The molecule has 3 rings (SSSR count). The summed E-state index contributed by atoms with van der Waals surface area (Å²) in [7, 11) is 10.3. The van der Waals surface area contributed by atoms with Gasteiger partial charge in [0.1, 0.15) is 0 Å². The summed E-state index contributed by atoms with van der Waals surface area (Å²) in [6.45, 7) is 11.8. The zero-order chi connectivity index (χ0) is 27.7. The Balaban J connectivity index is 1.74. The number of benzene rings is 2. The van der Waals surface area contributed by atoms with E-state index in [2.05, 4.69) is 34.0 Å². The van der Waals surface area contributed by atoms with Gasteiger partial charge in [0.15, 0.2) is 0 Å². The molecule has 0 spiro atoms. The third-order valence-electron chi connectivity index (χ3n) is 6.76. The number of carbonyl (C=O) groups is 1. The molecule has 1 radical (unpaired) electrons. The van der Waals surface area contributed by atoms with Gasteiger partial charge in [-0.15, -0.1) is 0 Å². The van der Waals surface area contributed by atoms with E-state index in [-0.39, 0.29) is 5.91 Å². The van der Waals surface area contributed by atoms with Crippen molar-refractivity contribution >= 4 is 36.1 Å². The predicted molar refractivity (Wildman–Crippen MR) is 163 cm³/mol. The van der Waals surface area contributed by atoms with Gasteiger partial charge in [0, 0.05) is 12.6 Å². The molecular formula is C31H39BN5O. The van der Waals surface area contributed by atoms with Crippen molar-refractivity contribution in [2.75, 3.05) is 37.4 Å². The fourth-order valence-electron chi connectivity index (χ4n) is 4.17. The van der Waals surface area contributed by atoms with Crippen molar-refractivity contribution in [3.05, 3.63) is 95.9 Å². The minimum absolute atomic E-state index is 0.0539. The first-order chi connectivity index (χ1) is 18.3. The van der Waals surface area contributed by atoms with Gasteiger partial charge >= 0.3 is 185 Å². The molecule has 0 heterocycles. The second-order valence-corrected chi connectivity index (χ2v) is 9.48. The third kappa shape index (κ3) is 7.65. The number of allylic oxidation sites excluding steroid dienone is 1. The molecule has 0 bridgehead atoms. The standard InChI is InChI=1S/C31H39BN5O/c1-7-34-31(29(23(4)33-5)30(32)24-13-11-22(3)12-14-24)35-25-15-17-26(18-16-25)36(6)28(38)10-9-21-37(8-2)27-19-20-27/h7,9-18,27,33H,1,8,19-21H2,2-6H3,(H,34,35)/b10-9+,29-23+. The SMILES string of the molecule is [B]=C(/C(C(=NC=C)Nc1ccc(N(C)C(=O)/C=C/CN(CC)C2CC2)cc1)=C(/C)NC)c1ccc(C)cc1. The molecule has 1 aliphatic rings. The monoisotopic (exact) mass is 508 g/mol. The molecule has 0 saturated heterocycles. The number of aliphatic imine (C=N–C) groups is 1. The first-order valence-electron chi connectivity index (χ1n) is 13.1. The van der Waals surface area contributed by atoms with Gasteiger partial charge < -0.3 is 0 Å². The maximum atomic E-state index is 12.7. The van der Waals surface area contributed by atoms with Crippen molar-refractivity contribution in [1.82, 2.24) is 10.2 Å². The number of carbonyl (C=O) groups excluding carboxylic acids is 1. The van der Waals surface area contributed by atoms with E-state index in [1.165, 1.54) is 19.0 Å². The fraction of sp³-hybridized carbons (Fsp3) is 0.323. The molecule has 2 N–H and O–H groups in total. The van der Waals surface area contributed by atoms with Crippen molar-refractivity contribution in [3.8, 4) is 0 Å². The summed E-state index contributed by atoms with van der Waals surface area (Å²) in [6, 6.07) is 16.4. The molecule has 1 fully saturated rings. The fourth-order valence-corrected chi connectivity index (χ4v) is 4.17. The van der Waals surface area contributed by atoms with E-state index in [4.69, 9.17) is 7.49 Å². The molecule has 1 aliphatic carbocycles. The van der Waals surface area contributed by atoms with Crippen LogP contribution in [0, 0.1) is 6.92 Å². The maximum absolute atomic E-state index is 12.7. The van der Waals surface area contributed by atoms with Gasteiger partial charge in [0.05, 0.1) is 0 Å². The number of hydrogen-bond donors (Lipinski definition) is 2. The number of nitrogens with zero attached hydrogens (tertiary/aromatic N) is 3. The van der Waals surface area contributed by atoms with Gasteiger partial charge in [-0.2, -0.15) is 0 Å². The average molecular weight is 508 g/mol. The molecule has 0 aliphatic heterocycles. The van der Waals surface area contributed by atoms with Crippen molar-refractivity contribution in [2.45, 2.75) is 39.7 Å². The van der Waals surface area contributed by atoms with Crippen molar-refractivity contribution in [2.24, 2.45) is 4.99 Å². The van der Waals surface area contributed by atoms with Gasteiger partial charge in [-0.1, -0.05) is 6.92 Å². The Hall–Kier alpha value is -3.71. The topological polar surface area (TPSA) is 60.0 Å². The van der Waals surface area contributed by atoms with Crippen LogP contribution in [-0.4, -0.2) is 62.8 Å².